The van der Waals surface area contributed by atoms with Crippen molar-refractivity contribution >= 4 is 35.1 Å². The molecule has 0 unspecified atom stereocenters. The maximum Gasteiger partial charge on any atom is 0.410 e. The van der Waals surface area contributed by atoms with Crippen molar-refractivity contribution in [3.8, 4) is 0 Å². The first-order chi connectivity index (χ1) is 28.0. The lowest BCUT2D eigenvalue weighted by Crippen LogP contribution is -2.60. The first-order valence-electron chi connectivity index (χ1n) is 21.1. The van der Waals surface area contributed by atoms with Crippen LogP contribution in [0.15, 0.2) is 40.5 Å². The standard InChI is InChI=1S/C43H65N5O11/c1-11-32-43(8)37-26(4)34(44-17-18-48(37)41(52)59-43)24(2)20-42(7)38(58-40-35(50)31(47(9)10)19-25(3)56-40)27(5)36(28(6)39(51)57-32)53-21-30(22-54-42)46-55-23-33(49)45-29-15-13-12-14-16-29/h12-16,24-28,31-32,35-38,40,50H,11,17-23H2,1-10H3,(H,45,49)/t24-,25+,26+,27+,28+,31-,32-,35+,36+,37-,38-,40-,42-,43-/m1/s1. The minimum atomic E-state index is -1.16. The Morgan fingerprint density at radius 1 is 1.08 bits per heavy atom. The van der Waals surface area contributed by atoms with Gasteiger partial charge < -0.3 is 48.6 Å². The van der Waals surface area contributed by atoms with Gasteiger partial charge in [-0.3, -0.25) is 19.5 Å². The molecule has 328 valence electrons. The van der Waals surface area contributed by atoms with E-state index < -0.39 is 77.8 Å². The molecule has 1 aromatic rings. The molecule has 14 atom stereocenters. The number of carbonyl (C=O) groups excluding carboxylic acids is 3. The molecule has 0 aliphatic carbocycles. The van der Waals surface area contributed by atoms with Gasteiger partial charge in [0.15, 0.2) is 18.5 Å². The fourth-order valence-corrected chi connectivity index (χ4v) is 10.1. The number of ether oxygens (including phenoxy) is 6. The van der Waals surface area contributed by atoms with Gasteiger partial charge in [-0.15, -0.1) is 0 Å². The molecule has 0 spiro atoms. The largest absolute Gasteiger partial charge is 0.458 e. The Morgan fingerprint density at radius 3 is 2.51 bits per heavy atom. The van der Waals surface area contributed by atoms with E-state index in [0.717, 1.165) is 5.71 Å². The second-order valence-corrected chi connectivity index (χ2v) is 17.7. The van der Waals surface area contributed by atoms with Gasteiger partial charge in [-0.2, -0.15) is 0 Å². The molecule has 5 heterocycles. The number of para-hydroxylation sites is 1. The Kier molecular flexibility index (Phi) is 14.1. The summed E-state index contributed by atoms with van der Waals surface area (Å²) in [6.07, 6.45) is -3.74. The maximum absolute atomic E-state index is 14.5. The number of aliphatic hydroxyl groups is 1. The van der Waals surface area contributed by atoms with E-state index in [1.165, 1.54) is 0 Å². The summed E-state index contributed by atoms with van der Waals surface area (Å²) in [5.41, 5.74) is -0.442. The van der Waals surface area contributed by atoms with E-state index in [2.05, 4.69) is 24.3 Å². The van der Waals surface area contributed by atoms with Crippen molar-refractivity contribution in [2.24, 2.45) is 33.8 Å². The molecule has 0 saturated carbocycles. The van der Waals surface area contributed by atoms with Crippen molar-refractivity contribution in [3.05, 3.63) is 30.3 Å². The molecule has 1 aromatic carbocycles. The monoisotopic (exact) mass is 827 g/mol. The van der Waals surface area contributed by atoms with Crippen LogP contribution in [0.4, 0.5) is 10.5 Å². The molecule has 4 fully saturated rings. The zero-order chi connectivity index (χ0) is 42.8. The molecule has 0 aromatic heterocycles. The lowest BCUT2D eigenvalue weighted by atomic mass is 9.72. The highest BCUT2D eigenvalue weighted by Crippen LogP contribution is 2.45. The zero-order valence-corrected chi connectivity index (χ0v) is 36.3. The molecular formula is C43H65N5O11. The van der Waals surface area contributed by atoms with Crippen LogP contribution in [0.25, 0.3) is 0 Å². The van der Waals surface area contributed by atoms with Crippen molar-refractivity contribution in [2.75, 3.05) is 52.3 Å². The average molecular weight is 828 g/mol. The number of rotatable bonds is 8. The van der Waals surface area contributed by atoms with Crippen LogP contribution >= 0.6 is 0 Å². The molecule has 59 heavy (non-hydrogen) atoms. The molecule has 2 amide bonds. The smallest absolute Gasteiger partial charge is 0.410 e. The van der Waals surface area contributed by atoms with Gasteiger partial charge in [-0.1, -0.05) is 51.0 Å². The van der Waals surface area contributed by atoms with Gasteiger partial charge in [-0.25, -0.2) is 4.79 Å². The van der Waals surface area contributed by atoms with Crippen LogP contribution < -0.4 is 5.32 Å². The molecule has 2 N–H and O–H groups in total. The third kappa shape index (κ3) is 9.47. The highest BCUT2D eigenvalue weighted by atomic mass is 16.7. The second kappa shape index (κ2) is 18.5. The highest BCUT2D eigenvalue weighted by molar-refractivity contribution is 5.92. The Bertz CT molecular complexity index is 1710. The highest BCUT2D eigenvalue weighted by Gasteiger charge is 2.60. The van der Waals surface area contributed by atoms with Crippen molar-refractivity contribution in [3.63, 3.8) is 0 Å². The number of aliphatic hydroxyl groups excluding tert-OH is 1. The second-order valence-electron chi connectivity index (χ2n) is 17.7. The number of nitrogens with one attached hydrogen (secondary N) is 1. The predicted octanol–water partition coefficient (Wildman–Crippen LogP) is 4.29. The molecule has 5 aliphatic heterocycles. The summed E-state index contributed by atoms with van der Waals surface area (Å²) in [5, 5.41) is 18.9. The number of fused-ring (bicyclic) bond motifs is 4. The molecule has 16 heteroatoms. The van der Waals surface area contributed by atoms with E-state index >= 15 is 0 Å². The Labute approximate surface area is 348 Å². The number of hydrogen-bond donors (Lipinski definition) is 2. The number of likely N-dealkylation sites (N-methyl/N-ethyl adjacent to an activating group) is 1. The third-order valence-electron chi connectivity index (χ3n) is 13.0. The van der Waals surface area contributed by atoms with Gasteiger partial charge in [0.1, 0.15) is 17.9 Å². The Morgan fingerprint density at radius 2 is 1.81 bits per heavy atom. The quantitative estimate of drug-likeness (QED) is 0.281. The summed E-state index contributed by atoms with van der Waals surface area (Å²) in [4.78, 5) is 55.2. The normalized spacial score (nSPS) is 40.2. The van der Waals surface area contributed by atoms with Gasteiger partial charge in [0.05, 0.1) is 55.6 Å². The fraction of sp³-hybridized carbons (Fsp3) is 0.744. The number of esters is 1. The summed E-state index contributed by atoms with van der Waals surface area (Å²) >= 11 is 0. The number of amides is 2. The van der Waals surface area contributed by atoms with Crippen LogP contribution in [0.2, 0.25) is 0 Å². The molecule has 4 bridgehead atoms. The van der Waals surface area contributed by atoms with Crippen LogP contribution in [0, 0.1) is 23.7 Å². The number of carbonyl (C=O) groups is 3. The van der Waals surface area contributed by atoms with Crippen LogP contribution in [0.1, 0.15) is 74.7 Å². The van der Waals surface area contributed by atoms with E-state index in [9.17, 15) is 19.5 Å². The summed E-state index contributed by atoms with van der Waals surface area (Å²) in [5.74, 6) is -2.83. The number of hydrogen-bond acceptors (Lipinski definition) is 14. The molecule has 4 saturated heterocycles. The number of nitrogens with zero attached hydrogens (tertiary/aromatic N) is 4. The van der Waals surface area contributed by atoms with Crippen molar-refractivity contribution in [2.45, 2.75) is 135 Å². The van der Waals surface area contributed by atoms with Gasteiger partial charge in [-0.05, 0) is 79.1 Å². The minimum absolute atomic E-state index is 0.0663. The van der Waals surface area contributed by atoms with Gasteiger partial charge in [0, 0.05) is 35.8 Å². The summed E-state index contributed by atoms with van der Waals surface area (Å²) in [7, 11) is 3.84. The number of oxime groups is 1. The van der Waals surface area contributed by atoms with Crippen LogP contribution in [-0.2, 0) is 42.8 Å². The van der Waals surface area contributed by atoms with E-state index in [-0.39, 0.29) is 43.8 Å². The Hall–Kier alpha value is -3.67. The van der Waals surface area contributed by atoms with Crippen molar-refractivity contribution in [1.29, 1.82) is 0 Å². The molecule has 0 radical (unpaired) electrons. The van der Waals surface area contributed by atoms with E-state index in [0.29, 0.717) is 43.8 Å². The van der Waals surface area contributed by atoms with Crippen LogP contribution in [0.5, 0.6) is 0 Å². The van der Waals surface area contributed by atoms with Gasteiger partial charge in [0.25, 0.3) is 5.91 Å². The zero-order valence-electron chi connectivity index (χ0n) is 36.3. The van der Waals surface area contributed by atoms with Crippen LogP contribution in [-0.4, -0.2) is 151 Å². The van der Waals surface area contributed by atoms with Crippen molar-refractivity contribution < 1.29 is 52.7 Å². The molecule has 16 nitrogen and oxygen atoms in total. The molecule has 5 aliphatic rings. The summed E-state index contributed by atoms with van der Waals surface area (Å²) < 4.78 is 39.5. The summed E-state index contributed by atoms with van der Waals surface area (Å²) in [6, 6.07) is 8.35. The SMILES string of the molecule is CC[C@H]1OC(=O)[C@@H](C)[C@H]2OCC(=NOCC(=O)Nc3ccccc3)CO[C@](C)(C[C@@H](C)C3=NCCN4C(=O)O[C@@]1(C)[C@H]4[C@H]3C)[C@H](O[C@H]1O[C@@H](C)C[C@@H](N(C)C)[C@@H]1O)[C@H]2C. The molecular weight excluding hydrogens is 762 g/mol. The molecule has 6 rings (SSSR count). The average Bonchev–Trinajstić information content (AvgIpc) is 3.33. The first kappa shape index (κ1) is 44.9. The lowest BCUT2D eigenvalue weighted by molar-refractivity contribution is -0.302. The number of anilines is 1. The minimum Gasteiger partial charge on any atom is -0.458 e. The summed E-state index contributed by atoms with van der Waals surface area (Å²) in [6.45, 7) is 15.8. The van der Waals surface area contributed by atoms with E-state index in [1.54, 1.807) is 24.0 Å². The van der Waals surface area contributed by atoms with Gasteiger partial charge >= 0.3 is 12.1 Å². The van der Waals surface area contributed by atoms with E-state index in [4.69, 9.17) is 38.3 Å². The topological polar surface area (TPSA) is 179 Å². The van der Waals surface area contributed by atoms with Crippen molar-refractivity contribution in [1.82, 2.24) is 9.80 Å². The lowest BCUT2D eigenvalue weighted by Gasteiger charge is -2.48. The predicted molar refractivity (Wildman–Crippen MR) is 219 cm³/mol. The first-order valence-corrected chi connectivity index (χ1v) is 21.1. The van der Waals surface area contributed by atoms with E-state index in [1.807, 2.05) is 71.8 Å². The third-order valence-corrected chi connectivity index (χ3v) is 13.0. The number of cyclic esters (lactones) is 1. The van der Waals surface area contributed by atoms with Gasteiger partial charge in [0.2, 0.25) is 0 Å². The maximum atomic E-state index is 14.5. The van der Waals surface area contributed by atoms with Crippen LogP contribution in [0.3, 0.4) is 0 Å². The fourth-order valence-electron chi connectivity index (χ4n) is 10.1. The Balaban J connectivity index is 1.41. The number of aliphatic imine (C=N–C) groups is 1. The number of benzene rings is 1.